The molecule has 0 N–H and O–H groups in total. The zero-order valence-corrected chi connectivity index (χ0v) is 10.4. The Kier molecular flexibility index (Phi) is 4.23. The fourth-order valence-electron chi connectivity index (χ4n) is 1.75. The molecule has 94 valence electrons. The van der Waals surface area contributed by atoms with Gasteiger partial charge in [-0.15, -0.1) is 0 Å². The molecule has 18 heavy (non-hydrogen) atoms. The van der Waals surface area contributed by atoms with Crippen LogP contribution in [0.1, 0.15) is 37.0 Å². The monoisotopic (exact) mass is 244 g/mol. The number of hydrogen-bond donors (Lipinski definition) is 0. The SMILES string of the molecule is CCCC(=O)Cc1nc(Cc2ccccc2)no1. The Labute approximate surface area is 106 Å². The van der Waals surface area contributed by atoms with Gasteiger partial charge in [0.15, 0.2) is 5.82 Å². The molecule has 1 heterocycles. The molecule has 1 aromatic heterocycles. The fourth-order valence-corrected chi connectivity index (χ4v) is 1.75. The second kappa shape index (κ2) is 6.10. The Morgan fingerprint density at radius 3 is 2.78 bits per heavy atom. The predicted molar refractivity (Wildman–Crippen MR) is 67.2 cm³/mol. The van der Waals surface area contributed by atoms with Crippen LogP contribution in [0.25, 0.3) is 0 Å². The molecule has 0 bridgehead atoms. The minimum Gasteiger partial charge on any atom is -0.339 e. The summed E-state index contributed by atoms with van der Waals surface area (Å²) < 4.78 is 5.07. The maximum absolute atomic E-state index is 11.5. The number of Topliss-reactive ketones (excluding diaryl/α,β-unsaturated/α-hetero) is 1. The van der Waals surface area contributed by atoms with Crippen molar-refractivity contribution >= 4 is 5.78 Å². The van der Waals surface area contributed by atoms with Crippen LogP contribution < -0.4 is 0 Å². The lowest BCUT2D eigenvalue weighted by Gasteiger charge is -1.94. The first-order chi connectivity index (χ1) is 8.78. The lowest BCUT2D eigenvalue weighted by Crippen LogP contribution is -2.02. The van der Waals surface area contributed by atoms with Crippen LogP contribution in [-0.4, -0.2) is 15.9 Å². The summed E-state index contributed by atoms with van der Waals surface area (Å²) in [5.41, 5.74) is 1.13. The van der Waals surface area contributed by atoms with Crippen molar-refractivity contribution in [3.63, 3.8) is 0 Å². The van der Waals surface area contributed by atoms with Crippen LogP contribution in [0.15, 0.2) is 34.9 Å². The van der Waals surface area contributed by atoms with E-state index in [1.165, 1.54) is 0 Å². The van der Waals surface area contributed by atoms with Crippen LogP contribution in [0.3, 0.4) is 0 Å². The topological polar surface area (TPSA) is 56.0 Å². The number of rotatable bonds is 6. The summed E-state index contributed by atoms with van der Waals surface area (Å²) in [6.07, 6.45) is 2.29. The lowest BCUT2D eigenvalue weighted by atomic mass is 10.1. The highest BCUT2D eigenvalue weighted by atomic mass is 16.5. The third-order valence-corrected chi connectivity index (χ3v) is 2.59. The molecule has 0 aliphatic heterocycles. The van der Waals surface area contributed by atoms with Crippen molar-refractivity contribution in [1.29, 1.82) is 0 Å². The first-order valence-corrected chi connectivity index (χ1v) is 6.15. The van der Waals surface area contributed by atoms with Crippen LogP contribution in [0.2, 0.25) is 0 Å². The second-order valence-corrected chi connectivity index (χ2v) is 4.23. The van der Waals surface area contributed by atoms with Gasteiger partial charge in [0.05, 0.1) is 6.42 Å². The summed E-state index contributed by atoms with van der Waals surface area (Å²) in [6, 6.07) is 9.94. The molecule has 4 heteroatoms. The molecule has 0 saturated carbocycles. The average Bonchev–Trinajstić information content (AvgIpc) is 2.78. The van der Waals surface area contributed by atoms with Crippen molar-refractivity contribution in [2.75, 3.05) is 0 Å². The van der Waals surface area contributed by atoms with Crippen LogP contribution in [0.5, 0.6) is 0 Å². The minimum atomic E-state index is 0.146. The Hall–Kier alpha value is -1.97. The number of ketones is 1. The predicted octanol–water partition coefficient (Wildman–Crippen LogP) is 2.57. The van der Waals surface area contributed by atoms with E-state index in [2.05, 4.69) is 10.1 Å². The Bertz CT molecular complexity index is 506. The van der Waals surface area contributed by atoms with Gasteiger partial charge in [0.1, 0.15) is 5.78 Å². The number of carbonyl (C=O) groups excluding carboxylic acids is 1. The van der Waals surface area contributed by atoms with Gasteiger partial charge >= 0.3 is 0 Å². The summed E-state index contributed by atoms with van der Waals surface area (Å²) in [6.45, 7) is 1.98. The van der Waals surface area contributed by atoms with E-state index in [0.29, 0.717) is 24.6 Å². The number of carbonyl (C=O) groups is 1. The highest BCUT2D eigenvalue weighted by Gasteiger charge is 2.10. The van der Waals surface area contributed by atoms with Crippen molar-refractivity contribution in [2.45, 2.75) is 32.6 Å². The Morgan fingerprint density at radius 2 is 2.06 bits per heavy atom. The largest absolute Gasteiger partial charge is 0.339 e. The molecule has 0 radical (unpaired) electrons. The van der Waals surface area contributed by atoms with E-state index in [1.807, 2.05) is 37.3 Å². The number of nitrogens with zero attached hydrogens (tertiary/aromatic N) is 2. The molecule has 0 fully saturated rings. The van der Waals surface area contributed by atoms with Crippen molar-refractivity contribution < 1.29 is 9.32 Å². The van der Waals surface area contributed by atoms with Gasteiger partial charge in [-0.3, -0.25) is 4.79 Å². The highest BCUT2D eigenvalue weighted by molar-refractivity contribution is 5.79. The van der Waals surface area contributed by atoms with E-state index in [0.717, 1.165) is 12.0 Å². The molecule has 1 aromatic carbocycles. The van der Waals surface area contributed by atoms with Crippen molar-refractivity contribution in [3.8, 4) is 0 Å². The first kappa shape index (κ1) is 12.5. The zero-order chi connectivity index (χ0) is 12.8. The van der Waals surface area contributed by atoms with Gasteiger partial charge in [0.25, 0.3) is 0 Å². The number of aromatic nitrogens is 2. The van der Waals surface area contributed by atoms with Gasteiger partial charge < -0.3 is 4.52 Å². The Morgan fingerprint density at radius 1 is 1.28 bits per heavy atom. The zero-order valence-electron chi connectivity index (χ0n) is 10.4. The molecule has 0 spiro atoms. The van der Waals surface area contributed by atoms with Crippen LogP contribution in [-0.2, 0) is 17.6 Å². The van der Waals surface area contributed by atoms with Crippen LogP contribution in [0.4, 0.5) is 0 Å². The summed E-state index contributed by atoms with van der Waals surface area (Å²) in [7, 11) is 0. The molecule has 0 amide bonds. The fraction of sp³-hybridized carbons (Fsp3) is 0.357. The summed E-state index contributed by atoms with van der Waals surface area (Å²) in [5.74, 6) is 1.19. The molecular weight excluding hydrogens is 228 g/mol. The standard InChI is InChI=1S/C14H16N2O2/c1-2-6-12(17)10-14-15-13(16-18-14)9-11-7-4-3-5-8-11/h3-5,7-8H,2,6,9-10H2,1H3. The van der Waals surface area contributed by atoms with Crippen LogP contribution in [0, 0.1) is 0 Å². The summed E-state index contributed by atoms with van der Waals surface area (Å²) >= 11 is 0. The number of hydrogen-bond acceptors (Lipinski definition) is 4. The average molecular weight is 244 g/mol. The van der Waals surface area contributed by atoms with E-state index < -0.39 is 0 Å². The van der Waals surface area contributed by atoms with Crippen molar-refractivity contribution in [2.24, 2.45) is 0 Å². The molecule has 0 unspecified atom stereocenters. The third kappa shape index (κ3) is 3.52. The molecule has 4 nitrogen and oxygen atoms in total. The smallest absolute Gasteiger partial charge is 0.234 e. The third-order valence-electron chi connectivity index (χ3n) is 2.59. The van der Waals surface area contributed by atoms with Crippen molar-refractivity contribution in [3.05, 3.63) is 47.6 Å². The van der Waals surface area contributed by atoms with E-state index >= 15 is 0 Å². The van der Waals surface area contributed by atoms with E-state index in [1.54, 1.807) is 0 Å². The molecule has 0 atom stereocenters. The summed E-state index contributed by atoms with van der Waals surface area (Å²) in [5, 5.41) is 3.89. The van der Waals surface area contributed by atoms with E-state index in [4.69, 9.17) is 4.52 Å². The van der Waals surface area contributed by atoms with E-state index in [-0.39, 0.29) is 12.2 Å². The number of benzene rings is 1. The van der Waals surface area contributed by atoms with Gasteiger partial charge in [0.2, 0.25) is 5.89 Å². The highest BCUT2D eigenvalue weighted by Crippen LogP contribution is 2.07. The molecule has 0 saturated heterocycles. The summed E-state index contributed by atoms with van der Waals surface area (Å²) in [4.78, 5) is 15.7. The van der Waals surface area contributed by atoms with Gasteiger partial charge in [-0.2, -0.15) is 4.98 Å². The normalized spacial score (nSPS) is 10.5. The van der Waals surface area contributed by atoms with Gasteiger partial charge in [-0.05, 0) is 12.0 Å². The molecule has 2 rings (SSSR count). The minimum absolute atomic E-state index is 0.146. The van der Waals surface area contributed by atoms with Gasteiger partial charge in [0, 0.05) is 12.8 Å². The van der Waals surface area contributed by atoms with Crippen molar-refractivity contribution in [1.82, 2.24) is 10.1 Å². The van der Waals surface area contributed by atoms with Gasteiger partial charge in [-0.1, -0.05) is 42.4 Å². The van der Waals surface area contributed by atoms with Crippen LogP contribution >= 0.6 is 0 Å². The second-order valence-electron chi connectivity index (χ2n) is 4.23. The Balaban J connectivity index is 1.96. The lowest BCUT2D eigenvalue weighted by molar-refractivity contribution is -0.118. The first-order valence-electron chi connectivity index (χ1n) is 6.15. The molecular formula is C14H16N2O2. The van der Waals surface area contributed by atoms with Gasteiger partial charge in [-0.25, -0.2) is 0 Å². The maximum Gasteiger partial charge on any atom is 0.234 e. The quantitative estimate of drug-likeness (QED) is 0.783. The van der Waals surface area contributed by atoms with E-state index in [9.17, 15) is 4.79 Å². The molecule has 2 aromatic rings. The molecule has 0 aliphatic carbocycles. The molecule has 0 aliphatic rings. The maximum atomic E-state index is 11.5.